The van der Waals surface area contributed by atoms with E-state index >= 15 is 0 Å². The molecule has 1 aliphatic rings. The van der Waals surface area contributed by atoms with E-state index in [1.54, 1.807) is 6.07 Å². The smallest absolute Gasteiger partial charge is 0.263 e. The number of benzene rings is 1. The number of imidazole rings is 1. The monoisotopic (exact) mass is 268 g/mol. The molecular formula is C13H14F2N2S. The van der Waals surface area contributed by atoms with Crippen LogP contribution in [0.25, 0.3) is 11.0 Å². The second-order valence-electron chi connectivity index (χ2n) is 4.82. The number of aromatic nitrogens is 2. The highest BCUT2D eigenvalue weighted by Crippen LogP contribution is 2.33. The van der Waals surface area contributed by atoms with Crippen molar-refractivity contribution in [3.63, 3.8) is 0 Å². The predicted molar refractivity (Wildman–Crippen MR) is 69.6 cm³/mol. The van der Waals surface area contributed by atoms with Crippen LogP contribution in [0.2, 0.25) is 0 Å². The Bertz CT molecular complexity index is 623. The van der Waals surface area contributed by atoms with Gasteiger partial charge in [0.05, 0.1) is 11.0 Å². The average molecular weight is 268 g/mol. The van der Waals surface area contributed by atoms with Gasteiger partial charge in [0.15, 0.2) is 4.77 Å². The molecule has 1 fully saturated rings. The quantitative estimate of drug-likeness (QED) is 0.779. The summed E-state index contributed by atoms with van der Waals surface area (Å²) in [5, 5.41) is 0. The van der Waals surface area contributed by atoms with Gasteiger partial charge < -0.3 is 9.55 Å². The summed E-state index contributed by atoms with van der Waals surface area (Å²) in [7, 11) is 0. The molecule has 0 spiro atoms. The molecule has 0 unspecified atom stereocenters. The van der Waals surface area contributed by atoms with Gasteiger partial charge in [-0.15, -0.1) is 0 Å². The lowest BCUT2D eigenvalue weighted by molar-refractivity contribution is 0.151. The number of hydrogen-bond acceptors (Lipinski definition) is 1. The van der Waals surface area contributed by atoms with E-state index in [0.717, 1.165) is 18.4 Å². The first-order valence-corrected chi connectivity index (χ1v) is 6.60. The maximum Gasteiger partial charge on any atom is 0.263 e. The van der Waals surface area contributed by atoms with Crippen LogP contribution in [0.5, 0.6) is 0 Å². The van der Waals surface area contributed by atoms with Gasteiger partial charge in [-0.1, -0.05) is 18.9 Å². The van der Waals surface area contributed by atoms with E-state index in [0.29, 0.717) is 16.3 Å². The Morgan fingerprint density at radius 1 is 1.28 bits per heavy atom. The van der Waals surface area contributed by atoms with Crippen LogP contribution in [0.4, 0.5) is 8.78 Å². The van der Waals surface area contributed by atoms with Crippen molar-refractivity contribution in [2.75, 3.05) is 0 Å². The lowest BCUT2D eigenvalue weighted by Crippen LogP contribution is -2.04. The van der Waals surface area contributed by atoms with Gasteiger partial charge in [-0.2, -0.15) is 0 Å². The van der Waals surface area contributed by atoms with Crippen LogP contribution in [0.15, 0.2) is 18.2 Å². The van der Waals surface area contributed by atoms with Gasteiger partial charge in [-0.3, -0.25) is 0 Å². The SMILES string of the molecule is FC(F)c1ccc2c(c1)[nH]c(=S)n2C1CCCC1. The second-order valence-corrected chi connectivity index (χ2v) is 5.20. The Hall–Kier alpha value is -1.23. The molecule has 1 heterocycles. The van der Waals surface area contributed by atoms with Gasteiger partial charge in [0.25, 0.3) is 6.43 Å². The first-order valence-electron chi connectivity index (χ1n) is 6.19. The normalized spacial score (nSPS) is 17.1. The zero-order chi connectivity index (χ0) is 12.7. The Morgan fingerprint density at radius 2 is 2.00 bits per heavy atom. The Kier molecular flexibility index (Phi) is 2.93. The first kappa shape index (κ1) is 11.8. The predicted octanol–water partition coefficient (Wildman–Crippen LogP) is 4.75. The average Bonchev–Trinajstić information content (AvgIpc) is 2.93. The van der Waals surface area contributed by atoms with Gasteiger partial charge in [-0.25, -0.2) is 8.78 Å². The van der Waals surface area contributed by atoms with Crippen molar-refractivity contribution >= 4 is 23.3 Å². The molecule has 1 aromatic carbocycles. The highest BCUT2D eigenvalue weighted by atomic mass is 32.1. The minimum Gasteiger partial charge on any atom is -0.331 e. The summed E-state index contributed by atoms with van der Waals surface area (Å²) in [6.45, 7) is 0. The number of nitrogens with one attached hydrogen (secondary N) is 1. The van der Waals surface area contributed by atoms with E-state index in [4.69, 9.17) is 12.2 Å². The topological polar surface area (TPSA) is 20.7 Å². The molecule has 18 heavy (non-hydrogen) atoms. The molecule has 0 saturated heterocycles. The molecule has 0 aliphatic heterocycles. The highest BCUT2D eigenvalue weighted by molar-refractivity contribution is 7.71. The fourth-order valence-corrected chi connectivity index (χ4v) is 3.17. The van der Waals surface area contributed by atoms with E-state index < -0.39 is 6.43 Å². The third-order valence-electron chi connectivity index (χ3n) is 3.68. The lowest BCUT2D eigenvalue weighted by Gasteiger charge is -2.12. The van der Waals surface area contributed by atoms with E-state index in [-0.39, 0.29) is 5.56 Å². The number of H-pyrrole nitrogens is 1. The number of alkyl halides is 2. The lowest BCUT2D eigenvalue weighted by atomic mass is 10.2. The molecule has 1 N–H and O–H groups in total. The van der Waals surface area contributed by atoms with Crippen molar-refractivity contribution in [3.8, 4) is 0 Å². The van der Waals surface area contributed by atoms with Crippen molar-refractivity contribution in [2.24, 2.45) is 0 Å². The third kappa shape index (κ3) is 1.86. The van der Waals surface area contributed by atoms with Crippen LogP contribution in [0.3, 0.4) is 0 Å². The maximum absolute atomic E-state index is 12.7. The molecule has 0 radical (unpaired) electrons. The van der Waals surface area contributed by atoms with E-state index in [9.17, 15) is 8.78 Å². The minimum absolute atomic E-state index is 0.0392. The standard InChI is InChI=1S/C13H14F2N2S/c14-12(15)8-5-6-11-10(7-8)16-13(18)17(11)9-3-1-2-4-9/h5-7,9,12H,1-4H2,(H,16,18). The van der Waals surface area contributed by atoms with Crippen molar-refractivity contribution in [2.45, 2.75) is 38.2 Å². The number of hydrogen-bond donors (Lipinski definition) is 1. The van der Waals surface area contributed by atoms with E-state index in [1.807, 2.05) is 0 Å². The summed E-state index contributed by atoms with van der Waals surface area (Å²) in [4.78, 5) is 3.04. The van der Waals surface area contributed by atoms with Crippen molar-refractivity contribution in [1.82, 2.24) is 9.55 Å². The number of fused-ring (bicyclic) bond motifs is 1. The molecule has 96 valence electrons. The van der Waals surface area contributed by atoms with Crippen molar-refractivity contribution in [1.29, 1.82) is 0 Å². The summed E-state index contributed by atoms with van der Waals surface area (Å²) >= 11 is 5.32. The van der Waals surface area contributed by atoms with Crippen molar-refractivity contribution < 1.29 is 8.78 Å². The number of halogens is 2. The molecular weight excluding hydrogens is 254 g/mol. The van der Waals surface area contributed by atoms with Gasteiger partial charge in [0, 0.05) is 11.6 Å². The molecule has 1 saturated carbocycles. The molecule has 1 aliphatic carbocycles. The molecule has 0 atom stereocenters. The Morgan fingerprint density at radius 3 is 2.67 bits per heavy atom. The molecule has 5 heteroatoms. The largest absolute Gasteiger partial charge is 0.331 e. The zero-order valence-electron chi connectivity index (χ0n) is 9.83. The Balaban J connectivity index is 2.15. The summed E-state index contributed by atoms with van der Waals surface area (Å²) in [6, 6.07) is 5.16. The Labute approximate surface area is 109 Å². The summed E-state index contributed by atoms with van der Waals surface area (Å²) in [5.74, 6) is 0. The van der Waals surface area contributed by atoms with E-state index in [1.165, 1.54) is 25.0 Å². The van der Waals surface area contributed by atoms with E-state index in [2.05, 4.69) is 9.55 Å². The fraction of sp³-hybridized carbons (Fsp3) is 0.462. The molecule has 0 amide bonds. The van der Waals surface area contributed by atoms with Crippen molar-refractivity contribution in [3.05, 3.63) is 28.5 Å². The van der Waals surface area contributed by atoms with Crippen LogP contribution in [0.1, 0.15) is 43.7 Å². The van der Waals surface area contributed by atoms with Gasteiger partial charge in [-0.05, 0) is 37.2 Å². The minimum atomic E-state index is -2.44. The third-order valence-corrected chi connectivity index (χ3v) is 3.98. The number of rotatable bonds is 2. The fourth-order valence-electron chi connectivity index (χ4n) is 2.81. The maximum atomic E-state index is 12.7. The summed E-state index contributed by atoms with van der Waals surface area (Å²) < 4.78 is 28.0. The van der Waals surface area contributed by atoms with Crippen LogP contribution in [-0.4, -0.2) is 9.55 Å². The van der Waals surface area contributed by atoms with Gasteiger partial charge >= 0.3 is 0 Å². The molecule has 0 bridgehead atoms. The van der Waals surface area contributed by atoms with Crippen LogP contribution in [0, 0.1) is 4.77 Å². The number of nitrogens with zero attached hydrogens (tertiary/aromatic N) is 1. The molecule has 2 aromatic rings. The van der Waals surface area contributed by atoms with Crippen LogP contribution < -0.4 is 0 Å². The molecule has 3 rings (SSSR count). The van der Waals surface area contributed by atoms with Gasteiger partial charge in [0.1, 0.15) is 0 Å². The number of aromatic amines is 1. The van der Waals surface area contributed by atoms with Gasteiger partial charge in [0.2, 0.25) is 0 Å². The highest BCUT2D eigenvalue weighted by Gasteiger charge is 2.20. The summed E-state index contributed by atoms with van der Waals surface area (Å²) in [5.41, 5.74) is 1.69. The second kappa shape index (κ2) is 4.46. The summed E-state index contributed by atoms with van der Waals surface area (Å²) in [6.07, 6.45) is 2.24. The molecule has 2 nitrogen and oxygen atoms in total. The molecule has 1 aromatic heterocycles. The first-order chi connectivity index (χ1) is 8.66. The van der Waals surface area contributed by atoms with Crippen LogP contribution >= 0.6 is 12.2 Å². The zero-order valence-corrected chi connectivity index (χ0v) is 10.6. The van der Waals surface area contributed by atoms with Crippen LogP contribution in [-0.2, 0) is 0 Å².